The average Bonchev–Trinajstić information content (AvgIpc) is 2.48. The second-order valence-electron chi connectivity index (χ2n) is 4.71. The number of nitro benzene ring substituents is 1. The van der Waals surface area contributed by atoms with Gasteiger partial charge in [0.1, 0.15) is 0 Å². The van der Waals surface area contributed by atoms with Crippen molar-refractivity contribution in [3.05, 3.63) is 68.7 Å². The first-order chi connectivity index (χ1) is 9.97. The largest absolute Gasteiger partial charge is 0.387 e. The van der Waals surface area contributed by atoms with Crippen molar-refractivity contribution in [3.63, 3.8) is 0 Å². The normalized spacial score (nSPS) is 12.0. The van der Waals surface area contributed by atoms with Crippen molar-refractivity contribution >= 4 is 23.0 Å². The number of non-ortho nitro benzene ring substituents is 1. The van der Waals surface area contributed by atoms with E-state index in [0.717, 1.165) is 11.3 Å². The van der Waals surface area contributed by atoms with Crippen molar-refractivity contribution in [3.8, 4) is 0 Å². The number of nitro groups is 1. The van der Waals surface area contributed by atoms with Gasteiger partial charge in [-0.1, -0.05) is 17.7 Å². The number of halogens is 1. The second kappa shape index (κ2) is 6.56. The van der Waals surface area contributed by atoms with Gasteiger partial charge in [-0.3, -0.25) is 10.1 Å². The SMILES string of the molecule is Cc1ccc(NCC(O)c2ccc([N+](=O)[O-])cc2)cc1Cl. The fraction of sp³-hybridized carbons (Fsp3) is 0.200. The van der Waals surface area contributed by atoms with Gasteiger partial charge in [-0.25, -0.2) is 0 Å². The molecule has 21 heavy (non-hydrogen) atoms. The van der Waals surface area contributed by atoms with Crippen LogP contribution in [-0.4, -0.2) is 16.6 Å². The van der Waals surface area contributed by atoms with E-state index in [9.17, 15) is 15.2 Å². The van der Waals surface area contributed by atoms with Crippen molar-refractivity contribution in [1.29, 1.82) is 0 Å². The van der Waals surface area contributed by atoms with Gasteiger partial charge in [-0.2, -0.15) is 0 Å². The van der Waals surface area contributed by atoms with E-state index in [1.54, 1.807) is 18.2 Å². The van der Waals surface area contributed by atoms with Gasteiger partial charge in [-0.05, 0) is 42.3 Å². The first kappa shape index (κ1) is 15.3. The van der Waals surface area contributed by atoms with Gasteiger partial charge >= 0.3 is 0 Å². The second-order valence-corrected chi connectivity index (χ2v) is 5.12. The molecule has 1 atom stereocenters. The van der Waals surface area contributed by atoms with Crippen LogP contribution in [0.4, 0.5) is 11.4 Å². The minimum absolute atomic E-state index is 0.00391. The van der Waals surface area contributed by atoms with Gasteiger partial charge in [0.25, 0.3) is 5.69 Å². The molecule has 2 aromatic rings. The van der Waals surface area contributed by atoms with Crippen molar-refractivity contribution in [1.82, 2.24) is 0 Å². The van der Waals surface area contributed by atoms with Crippen LogP contribution in [0.5, 0.6) is 0 Å². The Morgan fingerprint density at radius 1 is 1.29 bits per heavy atom. The summed E-state index contributed by atoms with van der Waals surface area (Å²) in [7, 11) is 0. The highest BCUT2D eigenvalue weighted by molar-refractivity contribution is 6.31. The molecule has 0 saturated heterocycles. The third kappa shape index (κ3) is 3.93. The highest BCUT2D eigenvalue weighted by Gasteiger charge is 2.10. The van der Waals surface area contributed by atoms with E-state index >= 15 is 0 Å². The third-order valence-corrected chi connectivity index (χ3v) is 3.57. The van der Waals surface area contributed by atoms with Gasteiger partial charge in [0.2, 0.25) is 0 Å². The van der Waals surface area contributed by atoms with E-state index in [0.29, 0.717) is 10.6 Å². The van der Waals surface area contributed by atoms with Gasteiger partial charge in [0.15, 0.2) is 0 Å². The molecule has 110 valence electrons. The summed E-state index contributed by atoms with van der Waals surface area (Å²) in [5.41, 5.74) is 2.42. The van der Waals surface area contributed by atoms with Crippen LogP contribution in [0.15, 0.2) is 42.5 Å². The smallest absolute Gasteiger partial charge is 0.269 e. The summed E-state index contributed by atoms with van der Waals surface area (Å²) in [6.07, 6.45) is -0.758. The van der Waals surface area contributed by atoms with Crippen LogP contribution < -0.4 is 5.32 Å². The lowest BCUT2D eigenvalue weighted by Gasteiger charge is -2.13. The third-order valence-electron chi connectivity index (χ3n) is 3.16. The maximum atomic E-state index is 10.6. The lowest BCUT2D eigenvalue weighted by Crippen LogP contribution is -2.12. The zero-order valence-electron chi connectivity index (χ0n) is 11.4. The van der Waals surface area contributed by atoms with Crippen LogP contribution in [-0.2, 0) is 0 Å². The molecule has 0 fully saturated rings. The molecule has 2 N–H and O–H groups in total. The van der Waals surface area contributed by atoms with Crippen LogP contribution in [0.3, 0.4) is 0 Å². The predicted molar refractivity (Wildman–Crippen MR) is 82.7 cm³/mol. The number of nitrogens with zero attached hydrogens (tertiary/aromatic N) is 1. The Hall–Kier alpha value is -2.11. The van der Waals surface area contributed by atoms with Crippen molar-refractivity contribution < 1.29 is 10.0 Å². The Labute approximate surface area is 127 Å². The molecule has 2 rings (SSSR count). The summed E-state index contributed by atoms with van der Waals surface area (Å²) in [5.74, 6) is 0. The van der Waals surface area contributed by atoms with Crippen molar-refractivity contribution in [2.75, 3.05) is 11.9 Å². The average molecular weight is 307 g/mol. The molecule has 5 nitrogen and oxygen atoms in total. The fourth-order valence-corrected chi connectivity index (χ4v) is 2.03. The first-order valence-corrected chi connectivity index (χ1v) is 6.77. The fourth-order valence-electron chi connectivity index (χ4n) is 1.85. The minimum atomic E-state index is -0.758. The number of aryl methyl sites for hydroxylation is 1. The van der Waals surface area contributed by atoms with Gasteiger partial charge in [0.05, 0.1) is 11.0 Å². The van der Waals surface area contributed by atoms with Crippen molar-refractivity contribution in [2.24, 2.45) is 0 Å². The van der Waals surface area contributed by atoms with Gasteiger partial charge < -0.3 is 10.4 Å². The standard InChI is InChI=1S/C15H15ClN2O3/c1-10-2-5-12(8-14(10)16)17-9-15(19)11-3-6-13(7-4-11)18(20)21/h2-8,15,17,19H,9H2,1H3. The molecule has 2 aromatic carbocycles. The highest BCUT2D eigenvalue weighted by atomic mass is 35.5. The Morgan fingerprint density at radius 2 is 1.95 bits per heavy atom. The molecule has 0 heterocycles. The summed E-state index contributed by atoms with van der Waals surface area (Å²) in [6, 6.07) is 11.4. The lowest BCUT2D eigenvalue weighted by molar-refractivity contribution is -0.384. The van der Waals surface area contributed by atoms with E-state index in [-0.39, 0.29) is 12.2 Å². The molecule has 0 bridgehead atoms. The van der Waals surface area contributed by atoms with Crippen LogP contribution in [0.1, 0.15) is 17.2 Å². The zero-order chi connectivity index (χ0) is 15.4. The predicted octanol–water partition coefficient (Wildman–Crippen LogP) is 3.70. The minimum Gasteiger partial charge on any atom is -0.387 e. The van der Waals surface area contributed by atoms with E-state index in [1.165, 1.54) is 12.1 Å². The monoisotopic (exact) mass is 306 g/mol. The summed E-state index contributed by atoms with van der Waals surface area (Å²) in [4.78, 5) is 10.1. The molecule has 0 saturated carbocycles. The molecule has 0 aliphatic heterocycles. The van der Waals surface area contributed by atoms with E-state index in [4.69, 9.17) is 11.6 Å². The summed E-state index contributed by atoms with van der Waals surface area (Å²) >= 11 is 6.03. The highest BCUT2D eigenvalue weighted by Crippen LogP contribution is 2.22. The Morgan fingerprint density at radius 3 is 2.52 bits per heavy atom. The summed E-state index contributed by atoms with van der Waals surface area (Å²) in [5, 5.41) is 24.4. The molecular weight excluding hydrogens is 292 g/mol. The van der Waals surface area contributed by atoms with E-state index < -0.39 is 11.0 Å². The Balaban J connectivity index is 1.99. The van der Waals surface area contributed by atoms with Gasteiger partial charge in [0, 0.05) is 29.4 Å². The van der Waals surface area contributed by atoms with Gasteiger partial charge in [-0.15, -0.1) is 0 Å². The topological polar surface area (TPSA) is 75.4 Å². The molecule has 6 heteroatoms. The van der Waals surface area contributed by atoms with E-state index in [2.05, 4.69) is 5.32 Å². The zero-order valence-corrected chi connectivity index (χ0v) is 12.2. The number of nitrogens with one attached hydrogen (secondary N) is 1. The maximum Gasteiger partial charge on any atom is 0.269 e. The van der Waals surface area contributed by atoms with Crippen LogP contribution in [0.25, 0.3) is 0 Å². The number of anilines is 1. The van der Waals surface area contributed by atoms with Crippen LogP contribution >= 0.6 is 11.6 Å². The lowest BCUT2D eigenvalue weighted by atomic mass is 10.1. The summed E-state index contributed by atoms with van der Waals surface area (Å²) in [6.45, 7) is 2.20. The van der Waals surface area contributed by atoms with E-state index in [1.807, 2.05) is 19.1 Å². The molecule has 1 unspecified atom stereocenters. The molecule has 0 spiro atoms. The number of aliphatic hydroxyl groups excluding tert-OH is 1. The number of benzene rings is 2. The quantitative estimate of drug-likeness (QED) is 0.652. The number of hydrogen-bond acceptors (Lipinski definition) is 4. The first-order valence-electron chi connectivity index (χ1n) is 6.40. The van der Waals surface area contributed by atoms with Crippen LogP contribution in [0.2, 0.25) is 5.02 Å². The number of aliphatic hydroxyl groups is 1. The maximum absolute atomic E-state index is 10.6. The molecule has 0 aliphatic rings. The Kier molecular flexibility index (Phi) is 4.77. The number of rotatable bonds is 5. The van der Waals surface area contributed by atoms with Crippen LogP contribution in [0, 0.1) is 17.0 Å². The molecule has 0 aromatic heterocycles. The summed E-state index contributed by atoms with van der Waals surface area (Å²) < 4.78 is 0. The van der Waals surface area contributed by atoms with Crippen molar-refractivity contribution in [2.45, 2.75) is 13.0 Å². The number of hydrogen-bond donors (Lipinski definition) is 2. The molecule has 0 aliphatic carbocycles. The molecule has 0 radical (unpaired) electrons. The molecule has 0 amide bonds. The molecular formula is C15H15ClN2O3. The Bertz CT molecular complexity index is 644.